The predicted octanol–water partition coefficient (Wildman–Crippen LogP) is 3.38. The van der Waals surface area contributed by atoms with Crippen LogP contribution in [0.1, 0.15) is 42.7 Å². The predicted molar refractivity (Wildman–Crippen MR) is 122 cm³/mol. The number of rotatable bonds is 9. The molecule has 0 aromatic heterocycles. The maximum absolute atomic E-state index is 13.0. The number of terminal acetylenes is 1. The monoisotopic (exact) mass is 446 g/mol. The second kappa shape index (κ2) is 9.78. The Labute approximate surface area is 192 Å². The summed E-state index contributed by atoms with van der Waals surface area (Å²) in [6.07, 6.45) is 6.06. The topological polar surface area (TPSA) is 95.9 Å². The molecule has 1 saturated carbocycles. The lowest BCUT2D eigenvalue weighted by molar-refractivity contribution is -0.138. The lowest BCUT2D eigenvalue weighted by Gasteiger charge is -2.26. The lowest BCUT2D eigenvalue weighted by Crippen LogP contribution is -2.50. The number of aliphatic carboxylic acids is 1. The van der Waals surface area contributed by atoms with Gasteiger partial charge in [-0.15, -0.1) is 6.42 Å². The van der Waals surface area contributed by atoms with Gasteiger partial charge in [0.15, 0.2) is 0 Å². The van der Waals surface area contributed by atoms with E-state index in [0.29, 0.717) is 0 Å². The molecule has 7 nitrogen and oxygen atoms in total. The summed E-state index contributed by atoms with van der Waals surface area (Å²) in [5.74, 6) is 0.944. The molecule has 33 heavy (non-hydrogen) atoms. The van der Waals surface area contributed by atoms with E-state index in [4.69, 9.17) is 16.3 Å². The number of hydrogen-bond donors (Lipinski definition) is 2. The number of carbonyl (C=O) groups excluding carboxylic acids is 2. The zero-order chi connectivity index (χ0) is 23.4. The van der Waals surface area contributed by atoms with E-state index >= 15 is 0 Å². The van der Waals surface area contributed by atoms with Gasteiger partial charge >= 0.3 is 12.1 Å². The molecule has 1 fully saturated rings. The maximum atomic E-state index is 13.0. The van der Waals surface area contributed by atoms with Gasteiger partial charge in [0.25, 0.3) is 0 Å². The van der Waals surface area contributed by atoms with Crippen molar-refractivity contribution in [3.8, 4) is 23.5 Å². The fourth-order valence-electron chi connectivity index (χ4n) is 4.38. The summed E-state index contributed by atoms with van der Waals surface area (Å²) < 4.78 is 5.53. The van der Waals surface area contributed by atoms with Crippen molar-refractivity contribution in [2.24, 2.45) is 0 Å². The smallest absolute Gasteiger partial charge is 0.407 e. The minimum absolute atomic E-state index is 0.0356. The normalized spacial score (nSPS) is 15.0. The lowest BCUT2D eigenvalue weighted by atomic mass is 9.98. The Balaban J connectivity index is 1.44. The number of nitrogens with zero attached hydrogens (tertiary/aromatic N) is 1. The van der Waals surface area contributed by atoms with Crippen molar-refractivity contribution in [2.45, 2.75) is 43.7 Å². The second-order valence-electron chi connectivity index (χ2n) is 8.36. The molecule has 1 atom stereocenters. The summed E-state index contributed by atoms with van der Waals surface area (Å²) in [6, 6.07) is 15.0. The van der Waals surface area contributed by atoms with Gasteiger partial charge in [0.1, 0.15) is 12.6 Å². The highest BCUT2D eigenvalue weighted by atomic mass is 16.5. The van der Waals surface area contributed by atoms with Crippen LogP contribution in [0.5, 0.6) is 0 Å². The number of benzene rings is 2. The van der Waals surface area contributed by atoms with E-state index in [0.717, 1.165) is 35.1 Å². The summed E-state index contributed by atoms with van der Waals surface area (Å²) in [6.45, 7) is 0.232. The molecule has 0 heterocycles. The van der Waals surface area contributed by atoms with Crippen molar-refractivity contribution >= 4 is 18.0 Å². The van der Waals surface area contributed by atoms with Crippen LogP contribution in [-0.4, -0.2) is 53.2 Å². The van der Waals surface area contributed by atoms with Crippen LogP contribution in [0, 0.1) is 12.3 Å². The van der Waals surface area contributed by atoms with Crippen molar-refractivity contribution in [3.05, 3.63) is 59.7 Å². The number of carbonyl (C=O) groups is 3. The highest BCUT2D eigenvalue weighted by Gasteiger charge is 2.36. The third-order valence-corrected chi connectivity index (χ3v) is 6.11. The molecule has 2 amide bonds. The Morgan fingerprint density at radius 2 is 1.70 bits per heavy atom. The van der Waals surface area contributed by atoms with Gasteiger partial charge in [-0.3, -0.25) is 9.59 Å². The molecule has 0 saturated heterocycles. The molecular weight excluding hydrogens is 420 g/mol. The zero-order valence-corrected chi connectivity index (χ0v) is 18.2. The molecule has 0 aliphatic heterocycles. The third-order valence-electron chi connectivity index (χ3n) is 6.11. The molecule has 2 aromatic carbocycles. The van der Waals surface area contributed by atoms with E-state index in [9.17, 15) is 14.4 Å². The Hall–Kier alpha value is -3.79. The zero-order valence-electron chi connectivity index (χ0n) is 18.2. The number of hydrogen-bond acceptors (Lipinski definition) is 4. The molecule has 170 valence electrons. The number of carboxylic acids is 1. The SMILES string of the molecule is C#CCN(C(=O)C(CCC(=O)O)NC(=O)OCC1c2ccccc2-c2ccccc21)C1CC1. The number of nitrogens with one attached hydrogen (secondary N) is 1. The molecule has 2 aliphatic carbocycles. The molecule has 0 radical (unpaired) electrons. The van der Waals surface area contributed by atoms with Gasteiger partial charge in [-0.05, 0) is 41.5 Å². The van der Waals surface area contributed by atoms with Crippen molar-refractivity contribution in [2.75, 3.05) is 13.2 Å². The van der Waals surface area contributed by atoms with Crippen molar-refractivity contribution in [1.29, 1.82) is 0 Å². The third kappa shape index (κ3) is 5.01. The van der Waals surface area contributed by atoms with Crippen LogP contribution in [0.25, 0.3) is 11.1 Å². The summed E-state index contributed by atoms with van der Waals surface area (Å²) in [5, 5.41) is 11.7. The Morgan fingerprint density at radius 3 is 2.24 bits per heavy atom. The average molecular weight is 447 g/mol. The Bertz CT molecular complexity index is 1060. The summed E-state index contributed by atoms with van der Waals surface area (Å²) >= 11 is 0. The molecule has 2 N–H and O–H groups in total. The van der Waals surface area contributed by atoms with Gasteiger partial charge in [-0.25, -0.2) is 4.79 Å². The number of alkyl carbamates (subject to hydrolysis) is 1. The van der Waals surface area contributed by atoms with Gasteiger partial charge < -0.3 is 20.1 Å². The van der Waals surface area contributed by atoms with Crippen LogP contribution in [-0.2, 0) is 14.3 Å². The first-order chi connectivity index (χ1) is 16.0. The van der Waals surface area contributed by atoms with E-state index in [1.54, 1.807) is 0 Å². The highest BCUT2D eigenvalue weighted by molar-refractivity contribution is 5.87. The Kier molecular flexibility index (Phi) is 6.64. The molecular formula is C26H26N2O5. The van der Waals surface area contributed by atoms with E-state index in [-0.39, 0.29) is 43.9 Å². The van der Waals surface area contributed by atoms with Crippen LogP contribution in [0.15, 0.2) is 48.5 Å². The molecule has 0 bridgehead atoms. The summed E-state index contributed by atoms with van der Waals surface area (Å²) in [5.41, 5.74) is 4.40. The highest BCUT2D eigenvalue weighted by Crippen LogP contribution is 2.44. The average Bonchev–Trinajstić information content (AvgIpc) is 3.61. The molecule has 7 heteroatoms. The number of amides is 2. The van der Waals surface area contributed by atoms with E-state index in [1.165, 1.54) is 4.90 Å². The van der Waals surface area contributed by atoms with Crippen LogP contribution >= 0.6 is 0 Å². The fourth-order valence-corrected chi connectivity index (χ4v) is 4.38. The second-order valence-corrected chi connectivity index (χ2v) is 8.36. The fraction of sp³-hybridized carbons (Fsp3) is 0.346. The summed E-state index contributed by atoms with van der Waals surface area (Å²) in [7, 11) is 0. The van der Waals surface area contributed by atoms with Crippen molar-refractivity contribution in [1.82, 2.24) is 10.2 Å². The van der Waals surface area contributed by atoms with Crippen LogP contribution in [0.2, 0.25) is 0 Å². The molecule has 1 unspecified atom stereocenters. The number of carboxylic acid groups (broad SMARTS) is 1. The first-order valence-electron chi connectivity index (χ1n) is 11.1. The van der Waals surface area contributed by atoms with Crippen LogP contribution in [0.4, 0.5) is 4.79 Å². The minimum atomic E-state index is -1.04. The van der Waals surface area contributed by atoms with Crippen LogP contribution < -0.4 is 5.32 Å². The summed E-state index contributed by atoms with van der Waals surface area (Å²) in [4.78, 5) is 38.3. The first-order valence-corrected chi connectivity index (χ1v) is 11.1. The first kappa shape index (κ1) is 22.4. The van der Waals surface area contributed by atoms with Gasteiger partial charge in [0, 0.05) is 18.4 Å². The largest absolute Gasteiger partial charge is 0.481 e. The van der Waals surface area contributed by atoms with E-state index in [2.05, 4.69) is 11.2 Å². The Morgan fingerprint density at radius 1 is 1.09 bits per heavy atom. The van der Waals surface area contributed by atoms with Gasteiger partial charge in [-0.2, -0.15) is 0 Å². The number of ether oxygens (including phenoxy) is 1. The van der Waals surface area contributed by atoms with Gasteiger partial charge in [0.2, 0.25) is 5.91 Å². The molecule has 0 spiro atoms. The van der Waals surface area contributed by atoms with Crippen LogP contribution in [0.3, 0.4) is 0 Å². The van der Waals surface area contributed by atoms with E-state index in [1.807, 2.05) is 48.5 Å². The molecule has 2 aliphatic rings. The van der Waals surface area contributed by atoms with Crippen molar-refractivity contribution < 1.29 is 24.2 Å². The minimum Gasteiger partial charge on any atom is -0.481 e. The van der Waals surface area contributed by atoms with Gasteiger partial charge in [0.05, 0.1) is 6.54 Å². The van der Waals surface area contributed by atoms with E-state index < -0.39 is 18.1 Å². The standard InChI is InChI=1S/C26H26N2O5/c1-2-15-28(17-11-12-17)25(31)23(13-14-24(29)30)27-26(32)33-16-22-20-9-5-3-7-18(20)19-8-4-6-10-21(19)22/h1,3-10,17,22-23H,11-16H2,(H,27,32)(H,29,30). The quantitative estimate of drug-likeness (QED) is 0.576. The number of fused-ring (bicyclic) bond motifs is 3. The van der Waals surface area contributed by atoms with Crippen molar-refractivity contribution in [3.63, 3.8) is 0 Å². The van der Waals surface area contributed by atoms with Gasteiger partial charge in [-0.1, -0.05) is 54.5 Å². The maximum Gasteiger partial charge on any atom is 0.407 e. The molecule has 2 aromatic rings. The molecule has 4 rings (SSSR count).